The molecule has 0 amide bonds. The van der Waals surface area contributed by atoms with Gasteiger partial charge in [-0.3, -0.25) is 0 Å². The number of para-hydroxylation sites is 1. The van der Waals surface area contributed by atoms with Crippen LogP contribution in [0.5, 0.6) is 11.5 Å². The Bertz CT molecular complexity index is 912. The lowest BCUT2D eigenvalue weighted by atomic mass is 9.38. The molecule has 3 aliphatic heterocycles. The highest BCUT2D eigenvalue weighted by Gasteiger charge is 2.54. The van der Waals surface area contributed by atoms with Crippen LogP contribution in [0.2, 0.25) is 0 Å². The van der Waals surface area contributed by atoms with Crippen molar-refractivity contribution >= 4 is 17.6 Å². The lowest BCUT2D eigenvalue weighted by Crippen LogP contribution is -2.51. The topological polar surface area (TPSA) is 18.5 Å². The van der Waals surface area contributed by atoms with E-state index < -0.39 is 0 Å². The summed E-state index contributed by atoms with van der Waals surface area (Å²) in [5.74, 6) is 3.50. The molecule has 1 aliphatic carbocycles. The van der Waals surface area contributed by atoms with E-state index in [-0.39, 0.29) is 12.7 Å². The molecule has 23 heavy (non-hydrogen) atoms. The summed E-state index contributed by atoms with van der Waals surface area (Å²) >= 11 is 0. The van der Waals surface area contributed by atoms with E-state index in [1.54, 1.807) is 0 Å². The highest BCUT2D eigenvalue weighted by molar-refractivity contribution is 6.89. The number of benzene rings is 2. The van der Waals surface area contributed by atoms with Crippen LogP contribution in [0.4, 0.5) is 0 Å². The number of hydrogen-bond donors (Lipinski definition) is 0. The Kier molecular flexibility index (Phi) is 2.15. The zero-order chi connectivity index (χ0) is 15.0. The quantitative estimate of drug-likeness (QED) is 0.696. The fourth-order valence-electron chi connectivity index (χ4n) is 4.82. The molecule has 3 heteroatoms. The van der Waals surface area contributed by atoms with Gasteiger partial charge in [0, 0.05) is 5.92 Å². The van der Waals surface area contributed by atoms with Crippen LogP contribution in [0.1, 0.15) is 24.3 Å². The van der Waals surface area contributed by atoms with Crippen molar-refractivity contribution in [2.75, 3.05) is 0 Å². The molecule has 0 spiro atoms. The van der Waals surface area contributed by atoms with Crippen LogP contribution < -0.4 is 15.7 Å². The molecule has 0 fully saturated rings. The van der Waals surface area contributed by atoms with E-state index in [0.717, 1.165) is 30.1 Å². The minimum absolute atomic E-state index is 0.184. The van der Waals surface area contributed by atoms with Crippen LogP contribution >= 0.6 is 0 Å². The summed E-state index contributed by atoms with van der Waals surface area (Å²) in [6, 6.07) is 15.1. The first-order valence-corrected chi connectivity index (χ1v) is 8.37. The molecule has 2 nitrogen and oxygen atoms in total. The van der Waals surface area contributed by atoms with E-state index in [0.29, 0.717) is 5.92 Å². The third-order valence-corrected chi connectivity index (χ3v) is 5.68. The minimum Gasteiger partial charge on any atom is -0.497 e. The van der Waals surface area contributed by atoms with Gasteiger partial charge in [-0.15, -0.1) is 0 Å². The highest BCUT2D eigenvalue weighted by atomic mass is 16.5. The second kappa shape index (κ2) is 4.11. The largest absolute Gasteiger partial charge is 0.497 e. The Morgan fingerprint density at radius 2 is 1.91 bits per heavy atom. The third-order valence-electron chi connectivity index (χ3n) is 5.68. The highest BCUT2D eigenvalue weighted by Crippen LogP contribution is 2.49. The van der Waals surface area contributed by atoms with Crippen molar-refractivity contribution in [2.24, 2.45) is 0 Å². The molecule has 0 radical (unpaired) electrons. The smallest absolute Gasteiger partial charge is 0.267 e. The van der Waals surface area contributed by atoms with Gasteiger partial charge in [-0.25, -0.2) is 0 Å². The van der Waals surface area contributed by atoms with Gasteiger partial charge in [0.25, 0.3) is 6.71 Å². The van der Waals surface area contributed by atoms with Crippen LogP contribution in [0.3, 0.4) is 0 Å². The normalized spacial score (nSPS) is 25.3. The fourth-order valence-corrected chi connectivity index (χ4v) is 4.82. The first-order chi connectivity index (χ1) is 11.4. The molecule has 3 heterocycles. The minimum atomic E-state index is 0.184. The molecule has 4 aliphatic rings. The van der Waals surface area contributed by atoms with Crippen LogP contribution in [0, 0.1) is 0 Å². The third kappa shape index (κ3) is 1.41. The Morgan fingerprint density at radius 1 is 1.00 bits per heavy atom. The second-order valence-electron chi connectivity index (χ2n) is 6.77. The molecule has 2 unspecified atom stereocenters. The van der Waals surface area contributed by atoms with Crippen molar-refractivity contribution in [2.45, 2.75) is 24.8 Å². The van der Waals surface area contributed by atoms with E-state index in [1.165, 1.54) is 22.1 Å². The maximum Gasteiger partial charge on any atom is 0.267 e. The van der Waals surface area contributed by atoms with Gasteiger partial charge in [0.05, 0.1) is 6.00 Å². The van der Waals surface area contributed by atoms with Crippen LogP contribution in [-0.2, 0) is 4.74 Å². The Balaban J connectivity index is 1.62. The van der Waals surface area contributed by atoms with E-state index in [2.05, 4.69) is 48.6 Å². The number of fused-ring (bicyclic) bond motifs is 6. The van der Waals surface area contributed by atoms with Crippen molar-refractivity contribution in [1.29, 1.82) is 0 Å². The second-order valence-corrected chi connectivity index (χ2v) is 6.77. The van der Waals surface area contributed by atoms with Crippen molar-refractivity contribution in [3.8, 4) is 11.5 Å². The molecular weight excluding hydrogens is 283 g/mol. The van der Waals surface area contributed by atoms with Crippen LogP contribution in [0.25, 0.3) is 0 Å². The monoisotopic (exact) mass is 298 g/mol. The SMILES string of the molecule is C1=CC2=C(CC1)C1c3cccc4c3B(c3ccccc3O4)C1O2. The average molecular weight is 298 g/mol. The molecule has 110 valence electrons. The van der Waals surface area contributed by atoms with Crippen LogP contribution in [-0.4, -0.2) is 12.7 Å². The Hall–Kier alpha value is -2.42. The maximum atomic E-state index is 6.46. The van der Waals surface area contributed by atoms with E-state index in [4.69, 9.17) is 9.47 Å². The lowest BCUT2D eigenvalue weighted by Gasteiger charge is -2.26. The zero-order valence-electron chi connectivity index (χ0n) is 12.7. The molecule has 0 bridgehead atoms. The molecule has 2 atom stereocenters. The maximum absolute atomic E-state index is 6.46. The summed E-state index contributed by atoms with van der Waals surface area (Å²) in [6.45, 7) is 0.287. The van der Waals surface area contributed by atoms with Gasteiger partial charge in [-0.2, -0.15) is 0 Å². The number of ether oxygens (including phenoxy) is 2. The van der Waals surface area contributed by atoms with Gasteiger partial charge in [-0.05, 0) is 53.1 Å². The Morgan fingerprint density at radius 3 is 2.91 bits per heavy atom. The first-order valence-electron chi connectivity index (χ1n) is 8.37. The van der Waals surface area contributed by atoms with Gasteiger partial charge in [0.15, 0.2) is 0 Å². The molecular formula is C20H15BO2. The Labute approximate surface area is 135 Å². The number of rotatable bonds is 0. The summed E-state index contributed by atoms with van der Waals surface area (Å²) < 4.78 is 12.6. The van der Waals surface area contributed by atoms with Crippen molar-refractivity contribution in [3.05, 3.63) is 71.5 Å². The molecule has 0 saturated heterocycles. The van der Waals surface area contributed by atoms with Crippen LogP contribution in [0.15, 0.2) is 65.9 Å². The number of hydrogen-bond acceptors (Lipinski definition) is 2. The van der Waals surface area contributed by atoms with Gasteiger partial charge in [0.1, 0.15) is 17.3 Å². The first kappa shape index (κ1) is 12.1. The van der Waals surface area contributed by atoms with Gasteiger partial charge in [-0.1, -0.05) is 36.4 Å². The predicted octanol–water partition coefficient (Wildman–Crippen LogP) is 3.04. The zero-order valence-corrected chi connectivity index (χ0v) is 12.7. The standard InChI is InChI=1S/C20H15BO2/c1-3-9-15-12(6-1)18-13-7-5-11-17-19(13)21(20(18)23-15)14-8-2-4-10-16(14)22-17/h2-5,7-11,18,20H,1,6H2. The molecule has 2 aromatic carbocycles. The fraction of sp³-hybridized carbons (Fsp3) is 0.200. The predicted molar refractivity (Wildman–Crippen MR) is 91.0 cm³/mol. The van der Waals surface area contributed by atoms with E-state index in [9.17, 15) is 0 Å². The van der Waals surface area contributed by atoms with Gasteiger partial charge in [0.2, 0.25) is 0 Å². The summed E-state index contributed by atoms with van der Waals surface area (Å²) in [6.07, 6.45) is 6.64. The molecule has 0 saturated carbocycles. The molecule has 2 aromatic rings. The number of allylic oxidation sites excluding steroid dienone is 2. The van der Waals surface area contributed by atoms with Crippen molar-refractivity contribution in [1.82, 2.24) is 0 Å². The van der Waals surface area contributed by atoms with Gasteiger partial charge < -0.3 is 9.47 Å². The summed E-state index contributed by atoms with van der Waals surface area (Å²) in [5.41, 5.74) is 5.51. The van der Waals surface area contributed by atoms with Crippen molar-refractivity contribution < 1.29 is 9.47 Å². The summed E-state index contributed by atoms with van der Waals surface area (Å²) in [5, 5.41) is 0. The van der Waals surface area contributed by atoms with E-state index in [1.807, 2.05) is 6.07 Å². The molecule has 6 rings (SSSR count). The van der Waals surface area contributed by atoms with Crippen molar-refractivity contribution in [3.63, 3.8) is 0 Å². The summed E-state index contributed by atoms with van der Waals surface area (Å²) in [7, 11) is 0. The summed E-state index contributed by atoms with van der Waals surface area (Å²) in [4.78, 5) is 0. The lowest BCUT2D eigenvalue weighted by molar-refractivity contribution is 0.208. The average Bonchev–Trinajstić information content (AvgIpc) is 3.12. The van der Waals surface area contributed by atoms with Gasteiger partial charge >= 0.3 is 0 Å². The molecule has 0 N–H and O–H groups in total. The van der Waals surface area contributed by atoms with E-state index >= 15 is 0 Å². The molecule has 0 aromatic heterocycles.